The molecule has 0 aliphatic carbocycles. The molecule has 1 atom stereocenters. The number of rotatable bonds is 7. The average molecular weight is 334 g/mol. The number of methoxy groups -OCH3 is 1. The van der Waals surface area contributed by atoms with Crippen LogP contribution in [0.15, 0.2) is 24.3 Å². The first-order valence-corrected chi connectivity index (χ1v) is 7.02. The van der Waals surface area contributed by atoms with Crippen molar-refractivity contribution in [3.63, 3.8) is 0 Å². The number of amides is 2. The molecule has 0 radical (unpaired) electrons. The summed E-state index contributed by atoms with van der Waals surface area (Å²) in [5, 5.41) is 14.2. The van der Waals surface area contributed by atoms with Crippen molar-refractivity contribution in [3.8, 4) is 0 Å². The Morgan fingerprint density at radius 3 is 2.61 bits per heavy atom. The summed E-state index contributed by atoms with van der Waals surface area (Å²) < 4.78 is 42.2. The van der Waals surface area contributed by atoms with Crippen molar-refractivity contribution in [3.05, 3.63) is 29.8 Å². The maximum atomic E-state index is 12.4. The molecule has 0 fully saturated rings. The summed E-state index contributed by atoms with van der Waals surface area (Å²) >= 11 is 0. The molecule has 3 N–H and O–H groups in total. The molecule has 23 heavy (non-hydrogen) atoms. The summed E-state index contributed by atoms with van der Waals surface area (Å²) in [4.78, 5) is 12.0. The largest absolute Gasteiger partial charge is 0.396 e. The van der Waals surface area contributed by atoms with Crippen molar-refractivity contribution in [2.45, 2.75) is 31.5 Å². The van der Waals surface area contributed by atoms with Crippen LogP contribution in [0.1, 0.15) is 18.9 Å². The zero-order chi connectivity index (χ0) is 17.5. The van der Waals surface area contributed by atoms with Crippen LogP contribution in [-0.2, 0) is 11.2 Å². The van der Waals surface area contributed by atoms with E-state index in [-0.39, 0.29) is 30.9 Å². The highest BCUT2D eigenvalue weighted by atomic mass is 19.4. The van der Waals surface area contributed by atoms with E-state index in [0.29, 0.717) is 0 Å². The Morgan fingerprint density at radius 1 is 1.35 bits per heavy atom. The zero-order valence-electron chi connectivity index (χ0n) is 13.0. The standard InChI is InChI=1S/C15H21F3N2O3/c1-14(6-7-21,10-23-2)20-13(22)19-12-5-3-4-11(8-12)9-15(16,17)18/h3-5,8,21H,6-7,9-10H2,1-2H3,(H2,19,20,22). The lowest BCUT2D eigenvalue weighted by Crippen LogP contribution is -2.51. The number of carbonyl (C=O) groups is 1. The fourth-order valence-electron chi connectivity index (χ4n) is 2.16. The Kier molecular flexibility index (Phi) is 6.83. The molecule has 0 bridgehead atoms. The third kappa shape index (κ3) is 7.34. The molecule has 8 heteroatoms. The highest BCUT2D eigenvalue weighted by molar-refractivity contribution is 5.89. The quantitative estimate of drug-likeness (QED) is 0.718. The Balaban J connectivity index is 2.71. The number of carbonyl (C=O) groups excluding carboxylic acids is 1. The number of aliphatic hydroxyl groups is 1. The summed E-state index contributed by atoms with van der Waals surface area (Å²) in [6.07, 6.45) is -5.09. The van der Waals surface area contributed by atoms with Gasteiger partial charge in [0.2, 0.25) is 0 Å². The molecule has 0 spiro atoms. The second kappa shape index (κ2) is 8.16. The number of hydrogen-bond donors (Lipinski definition) is 3. The van der Waals surface area contributed by atoms with E-state index in [2.05, 4.69) is 10.6 Å². The van der Waals surface area contributed by atoms with Gasteiger partial charge in [0.05, 0.1) is 18.6 Å². The molecule has 1 rings (SSSR count). The summed E-state index contributed by atoms with van der Waals surface area (Å²) in [7, 11) is 1.47. The first kappa shape index (κ1) is 19.2. The van der Waals surface area contributed by atoms with Gasteiger partial charge < -0.3 is 20.5 Å². The Bertz CT molecular complexity index is 515. The third-order valence-corrected chi connectivity index (χ3v) is 3.13. The van der Waals surface area contributed by atoms with Crippen LogP contribution < -0.4 is 10.6 Å². The first-order chi connectivity index (χ1) is 10.7. The van der Waals surface area contributed by atoms with Gasteiger partial charge in [-0.3, -0.25) is 0 Å². The van der Waals surface area contributed by atoms with Crippen molar-refractivity contribution in [1.29, 1.82) is 0 Å². The van der Waals surface area contributed by atoms with Crippen molar-refractivity contribution in [2.75, 3.05) is 25.6 Å². The van der Waals surface area contributed by atoms with Crippen LogP contribution in [0.2, 0.25) is 0 Å². The monoisotopic (exact) mass is 334 g/mol. The molecular weight excluding hydrogens is 313 g/mol. The van der Waals surface area contributed by atoms with Crippen LogP contribution in [0.4, 0.5) is 23.7 Å². The van der Waals surface area contributed by atoms with Crippen LogP contribution in [0, 0.1) is 0 Å². The molecular formula is C15H21F3N2O3. The average Bonchev–Trinajstić information content (AvgIpc) is 2.36. The number of halogens is 3. The van der Waals surface area contributed by atoms with Gasteiger partial charge in [0.15, 0.2) is 0 Å². The number of aliphatic hydroxyl groups excluding tert-OH is 1. The molecule has 0 heterocycles. The topological polar surface area (TPSA) is 70.6 Å². The third-order valence-electron chi connectivity index (χ3n) is 3.13. The predicted octanol–water partition coefficient (Wildman–Crippen LogP) is 2.70. The van der Waals surface area contributed by atoms with E-state index in [1.807, 2.05) is 0 Å². The van der Waals surface area contributed by atoms with E-state index in [1.54, 1.807) is 6.92 Å². The van der Waals surface area contributed by atoms with Crippen LogP contribution in [0.25, 0.3) is 0 Å². The van der Waals surface area contributed by atoms with Gasteiger partial charge in [0.1, 0.15) is 0 Å². The van der Waals surface area contributed by atoms with Crippen LogP contribution in [0.3, 0.4) is 0 Å². The van der Waals surface area contributed by atoms with E-state index in [0.717, 1.165) is 0 Å². The number of urea groups is 1. The van der Waals surface area contributed by atoms with E-state index in [1.165, 1.54) is 31.4 Å². The Hall–Kier alpha value is -1.80. The molecule has 1 unspecified atom stereocenters. The first-order valence-electron chi connectivity index (χ1n) is 7.02. The number of nitrogens with one attached hydrogen (secondary N) is 2. The molecule has 0 aliphatic rings. The van der Waals surface area contributed by atoms with Gasteiger partial charge >= 0.3 is 12.2 Å². The highest BCUT2D eigenvalue weighted by Crippen LogP contribution is 2.23. The summed E-state index contributed by atoms with van der Waals surface area (Å²) in [6.45, 7) is 1.75. The SMILES string of the molecule is COCC(C)(CCO)NC(=O)Nc1cccc(CC(F)(F)F)c1. The highest BCUT2D eigenvalue weighted by Gasteiger charge is 2.28. The van der Waals surface area contributed by atoms with E-state index >= 15 is 0 Å². The van der Waals surface area contributed by atoms with Gasteiger partial charge in [-0.1, -0.05) is 12.1 Å². The van der Waals surface area contributed by atoms with Crippen LogP contribution in [-0.4, -0.2) is 43.2 Å². The van der Waals surface area contributed by atoms with Gasteiger partial charge in [-0.15, -0.1) is 0 Å². The lowest BCUT2D eigenvalue weighted by Gasteiger charge is -2.29. The molecule has 0 saturated carbocycles. The molecule has 130 valence electrons. The molecule has 2 amide bonds. The smallest absolute Gasteiger partial charge is 0.393 e. The minimum atomic E-state index is -4.31. The zero-order valence-corrected chi connectivity index (χ0v) is 13.0. The number of hydrogen-bond acceptors (Lipinski definition) is 3. The maximum absolute atomic E-state index is 12.4. The Morgan fingerprint density at radius 2 is 2.04 bits per heavy atom. The molecule has 1 aromatic rings. The van der Waals surface area contributed by atoms with E-state index in [9.17, 15) is 18.0 Å². The van der Waals surface area contributed by atoms with E-state index in [4.69, 9.17) is 9.84 Å². The van der Waals surface area contributed by atoms with Crippen molar-refractivity contribution < 1.29 is 27.8 Å². The molecule has 1 aromatic carbocycles. The summed E-state index contributed by atoms with van der Waals surface area (Å²) in [5.74, 6) is 0. The number of alkyl halides is 3. The number of benzene rings is 1. The Labute approximate surface area is 132 Å². The van der Waals surface area contributed by atoms with Gasteiger partial charge in [0.25, 0.3) is 0 Å². The minimum Gasteiger partial charge on any atom is -0.396 e. The maximum Gasteiger partial charge on any atom is 0.393 e. The molecule has 0 aromatic heterocycles. The number of anilines is 1. The van der Waals surface area contributed by atoms with Gasteiger partial charge in [-0.05, 0) is 31.0 Å². The van der Waals surface area contributed by atoms with Gasteiger partial charge in [-0.25, -0.2) is 4.79 Å². The van der Waals surface area contributed by atoms with Crippen molar-refractivity contribution >= 4 is 11.7 Å². The summed E-state index contributed by atoms with van der Waals surface area (Å²) in [5.41, 5.74) is -0.463. The van der Waals surface area contributed by atoms with Gasteiger partial charge in [0, 0.05) is 19.4 Å². The normalized spacial score (nSPS) is 14.2. The second-order valence-corrected chi connectivity index (χ2v) is 5.54. The second-order valence-electron chi connectivity index (χ2n) is 5.54. The summed E-state index contributed by atoms with van der Waals surface area (Å²) in [6, 6.07) is 4.98. The van der Waals surface area contributed by atoms with Crippen LogP contribution in [0.5, 0.6) is 0 Å². The molecule has 0 saturated heterocycles. The van der Waals surface area contributed by atoms with Crippen molar-refractivity contribution in [2.24, 2.45) is 0 Å². The minimum absolute atomic E-state index is 0.0605. The molecule has 5 nitrogen and oxygen atoms in total. The fraction of sp³-hybridized carbons (Fsp3) is 0.533. The number of ether oxygens (including phenoxy) is 1. The lowest BCUT2D eigenvalue weighted by molar-refractivity contribution is -0.127. The van der Waals surface area contributed by atoms with Crippen molar-refractivity contribution in [1.82, 2.24) is 5.32 Å². The van der Waals surface area contributed by atoms with Crippen LogP contribution >= 0.6 is 0 Å². The van der Waals surface area contributed by atoms with Gasteiger partial charge in [-0.2, -0.15) is 13.2 Å². The molecule has 0 aliphatic heterocycles. The fourth-order valence-corrected chi connectivity index (χ4v) is 2.16. The lowest BCUT2D eigenvalue weighted by atomic mass is 10.00. The predicted molar refractivity (Wildman–Crippen MR) is 80.3 cm³/mol. The van der Waals surface area contributed by atoms with E-state index < -0.39 is 24.2 Å².